The molecule has 1 nitrogen and oxygen atoms in total. The lowest BCUT2D eigenvalue weighted by Crippen LogP contribution is -2.13. The smallest absolute Gasteiger partial charge is 0.293 e. The lowest BCUT2D eigenvalue weighted by atomic mass is 10.1. The van der Waals surface area contributed by atoms with E-state index in [-0.39, 0.29) is 14.9 Å². The lowest BCUT2D eigenvalue weighted by Gasteiger charge is -2.10. The molecule has 0 amide bonds. The van der Waals surface area contributed by atoms with Crippen molar-refractivity contribution < 1.29 is 18.0 Å². The molecule has 1 rings (SSSR count). The summed E-state index contributed by atoms with van der Waals surface area (Å²) < 4.78 is 37.4. The molecule has 0 heterocycles. The van der Waals surface area contributed by atoms with Crippen molar-refractivity contribution in [3.8, 4) is 0 Å². The van der Waals surface area contributed by atoms with Gasteiger partial charge in [0.15, 0.2) is 5.78 Å². The Kier molecular flexibility index (Phi) is 4.39. The molecule has 0 aromatic heterocycles. The second kappa shape index (κ2) is 5.03. The zero-order valence-corrected chi connectivity index (χ0v) is 11.9. The molecule has 16 heavy (non-hydrogen) atoms. The van der Waals surface area contributed by atoms with Crippen LogP contribution < -0.4 is 0 Å². The van der Waals surface area contributed by atoms with E-state index in [4.69, 9.17) is 0 Å². The fraction of sp³-hybridized carbons (Fsp3) is 0.300. The third-order valence-electron chi connectivity index (χ3n) is 1.92. The fourth-order valence-electron chi connectivity index (χ4n) is 1.13. The first-order valence-corrected chi connectivity index (χ1v) is 6.28. The van der Waals surface area contributed by atoms with Crippen molar-refractivity contribution >= 4 is 44.3 Å². The third kappa shape index (κ3) is 3.19. The number of ketones is 1. The van der Waals surface area contributed by atoms with Crippen LogP contribution in [-0.2, 0) is 6.18 Å². The Balaban J connectivity index is 3.15. The van der Waals surface area contributed by atoms with E-state index in [9.17, 15) is 18.0 Å². The van der Waals surface area contributed by atoms with Crippen LogP contribution in [0.25, 0.3) is 0 Å². The summed E-state index contributed by atoms with van der Waals surface area (Å²) >= 11 is 4.67. The zero-order valence-electron chi connectivity index (χ0n) is 8.11. The van der Waals surface area contributed by atoms with E-state index in [0.29, 0.717) is 0 Å². The van der Waals surface area contributed by atoms with Gasteiger partial charge in [-0.1, -0.05) is 22.0 Å². The number of carbonyl (C=O) groups excluding carboxylic acids is 1. The van der Waals surface area contributed by atoms with Crippen LogP contribution in [0, 0.1) is 3.57 Å². The molecule has 88 valence electrons. The van der Waals surface area contributed by atoms with Crippen LogP contribution in [0.1, 0.15) is 22.8 Å². The number of carbonyl (C=O) groups is 1. The van der Waals surface area contributed by atoms with Gasteiger partial charge in [-0.3, -0.25) is 4.79 Å². The molecule has 0 N–H and O–H groups in total. The number of rotatable bonds is 2. The Bertz CT molecular complexity index is 415. The molecular formula is C10H7BrF3IO. The minimum absolute atomic E-state index is 0.0316. The predicted octanol–water partition coefficient (Wildman–Crippen LogP) is 4.28. The van der Waals surface area contributed by atoms with Gasteiger partial charge in [0.2, 0.25) is 0 Å². The normalized spacial score (nSPS) is 13.6. The number of benzene rings is 1. The monoisotopic (exact) mass is 406 g/mol. The number of alkyl halides is 4. The first-order chi connectivity index (χ1) is 7.23. The summed E-state index contributed by atoms with van der Waals surface area (Å²) in [5.74, 6) is -0.230. The van der Waals surface area contributed by atoms with E-state index >= 15 is 0 Å². The summed E-state index contributed by atoms with van der Waals surface area (Å²) in [6.45, 7) is 1.63. The number of hydrogen-bond acceptors (Lipinski definition) is 1. The van der Waals surface area contributed by atoms with Gasteiger partial charge in [-0.25, -0.2) is 0 Å². The molecule has 0 radical (unpaired) electrons. The molecule has 1 aromatic carbocycles. The van der Waals surface area contributed by atoms with Gasteiger partial charge in [0, 0.05) is 9.13 Å². The average molecular weight is 407 g/mol. The second-order valence-corrected chi connectivity index (χ2v) is 5.71. The SMILES string of the molecule is CC(Br)C(=O)c1ccc(C(F)(F)F)c(I)c1. The largest absolute Gasteiger partial charge is 0.417 e. The van der Waals surface area contributed by atoms with E-state index in [1.165, 1.54) is 12.1 Å². The van der Waals surface area contributed by atoms with Crippen molar-refractivity contribution in [3.05, 3.63) is 32.9 Å². The van der Waals surface area contributed by atoms with E-state index < -0.39 is 16.6 Å². The Morgan fingerprint density at radius 2 is 2.00 bits per heavy atom. The molecule has 0 bridgehead atoms. The van der Waals surface area contributed by atoms with E-state index in [1.807, 2.05) is 0 Å². The van der Waals surface area contributed by atoms with Crippen LogP contribution in [-0.4, -0.2) is 10.6 Å². The Hall–Kier alpha value is -0.110. The van der Waals surface area contributed by atoms with Gasteiger partial charge >= 0.3 is 6.18 Å². The van der Waals surface area contributed by atoms with Gasteiger partial charge in [0.1, 0.15) is 0 Å². The zero-order chi connectivity index (χ0) is 12.5. The van der Waals surface area contributed by atoms with Gasteiger partial charge in [-0.05, 0) is 41.6 Å². The van der Waals surface area contributed by atoms with Gasteiger partial charge in [0.25, 0.3) is 0 Å². The first kappa shape index (κ1) is 14.0. The van der Waals surface area contributed by atoms with Gasteiger partial charge in [-0.15, -0.1) is 0 Å². The van der Waals surface area contributed by atoms with Crippen LogP contribution in [0.4, 0.5) is 13.2 Å². The molecule has 1 atom stereocenters. The molecule has 0 aliphatic heterocycles. The molecule has 0 spiro atoms. The molecule has 0 aliphatic carbocycles. The first-order valence-electron chi connectivity index (χ1n) is 4.28. The van der Waals surface area contributed by atoms with Crippen molar-refractivity contribution in [1.82, 2.24) is 0 Å². The maximum absolute atomic E-state index is 12.4. The summed E-state index contributed by atoms with van der Waals surface area (Å²) in [5.41, 5.74) is -0.436. The predicted molar refractivity (Wildman–Crippen MR) is 66.9 cm³/mol. The quantitative estimate of drug-likeness (QED) is 0.407. The average Bonchev–Trinajstić information content (AvgIpc) is 2.14. The van der Waals surface area contributed by atoms with E-state index in [1.54, 1.807) is 29.5 Å². The summed E-state index contributed by atoms with van der Waals surface area (Å²) in [6.07, 6.45) is -4.38. The van der Waals surface area contributed by atoms with Crippen LogP contribution in [0.5, 0.6) is 0 Å². The Morgan fingerprint density at radius 1 is 1.44 bits per heavy atom. The van der Waals surface area contributed by atoms with Crippen molar-refractivity contribution in [1.29, 1.82) is 0 Å². The molecule has 0 aliphatic rings. The molecule has 6 heteroatoms. The molecule has 1 aromatic rings. The number of Topliss-reactive ketones (excluding diaryl/α,β-unsaturated/α-hetero) is 1. The Labute approximate surface area is 113 Å². The van der Waals surface area contributed by atoms with Crippen molar-refractivity contribution in [2.24, 2.45) is 0 Å². The van der Waals surface area contributed by atoms with Crippen molar-refractivity contribution in [2.75, 3.05) is 0 Å². The van der Waals surface area contributed by atoms with E-state index in [0.717, 1.165) is 6.07 Å². The van der Waals surface area contributed by atoms with Gasteiger partial charge in [0.05, 0.1) is 10.4 Å². The lowest BCUT2D eigenvalue weighted by molar-refractivity contribution is -0.138. The minimum atomic E-state index is -4.38. The highest BCUT2D eigenvalue weighted by Crippen LogP contribution is 2.33. The number of hydrogen-bond donors (Lipinski definition) is 0. The molecule has 1 unspecified atom stereocenters. The molecule has 0 fully saturated rings. The van der Waals surface area contributed by atoms with Crippen LogP contribution in [0.2, 0.25) is 0 Å². The molecular weight excluding hydrogens is 400 g/mol. The summed E-state index contributed by atoms with van der Waals surface area (Å²) in [7, 11) is 0. The molecule has 0 saturated heterocycles. The van der Waals surface area contributed by atoms with Crippen LogP contribution in [0.15, 0.2) is 18.2 Å². The van der Waals surface area contributed by atoms with Crippen LogP contribution in [0.3, 0.4) is 0 Å². The second-order valence-electron chi connectivity index (χ2n) is 3.17. The summed E-state index contributed by atoms with van der Waals surface area (Å²) in [5, 5.41) is 0. The van der Waals surface area contributed by atoms with Crippen molar-refractivity contribution in [2.45, 2.75) is 17.9 Å². The summed E-state index contributed by atoms with van der Waals surface area (Å²) in [6, 6.07) is 3.39. The third-order valence-corrected chi connectivity index (χ3v) is 3.23. The highest BCUT2D eigenvalue weighted by Gasteiger charge is 2.33. The molecule has 0 saturated carbocycles. The maximum Gasteiger partial charge on any atom is 0.417 e. The standard InChI is InChI=1S/C10H7BrF3IO/c1-5(11)9(16)6-2-3-7(8(15)4-6)10(12,13)14/h2-5H,1H3. The summed E-state index contributed by atoms with van der Waals surface area (Å²) in [4.78, 5) is 11.1. The maximum atomic E-state index is 12.4. The van der Waals surface area contributed by atoms with Crippen molar-refractivity contribution in [3.63, 3.8) is 0 Å². The highest BCUT2D eigenvalue weighted by atomic mass is 127. The number of halogens is 5. The fourth-order valence-corrected chi connectivity index (χ4v) is 2.21. The highest BCUT2D eigenvalue weighted by molar-refractivity contribution is 14.1. The van der Waals surface area contributed by atoms with Gasteiger partial charge in [-0.2, -0.15) is 13.2 Å². The van der Waals surface area contributed by atoms with E-state index in [2.05, 4.69) is 15.9 Å². The van der Waals surface area contributed by atoms with Crippen LogP contribution >= 0.6 is 38.5 Å². The Morgan fingerprint density at radius 3 is 2.38 bits per heavy atom. The van der Waals surface area contributed by atoms with Gasteiger partial charge < -0.3 is 0 Å². The minimum Gasteiger partial charge on any atom is -0.293 e. The topological polar surface area (TPSA) is 17.1 Å².